The predicted octanol–water partition coefficient (Wildman–Crippen LogP) is 3.99. The Morgan fingerprint density at radius 3 is 2.56 bits per heavy atom. The van der Waals surface area contributed by atoms with E-state index in [2.05, 4.69) is 15.9 Å². The summed E-state index contributed by atoms with van der Waals surface area (Å²) in [6, 6.07) is 4.58. The summed E-state index contributed by atoms with van der Waals surface area (Å²) < 4.78 is 14.0. The lowest BCUT2D eigenvalue weighted by molar-refractivity contribution is -0.121. The summed E-state index contributed by atoms with van der Waals surface area (Å²) in [7, 11) is 0. The molecule has 16 heavy (non-hydrogen) atoms. The molecule has 1 aromatic rings. The first-order valence-electron chi connectivity index (χ1n) is 5.36. The minimum Gasteiger partial charge on any atom is -0.300 e. The van der Waals surface area contributed by atoms with Crippen LogP contribution in [-0.4, -0.2) is 5.78 Å². The lowest BCUT2D eigenvalue weighted by Gasteiger charge is -2.18. The average molecular weight is 287 g/mol. The summed E-state index contributed by atoms with van der Waals surface area (Å²) in [5, 5.41) is 0. The number of Topliss-reactive ketones (excluding diaryl/α,β-unsaturated/α-hetero) is 1. The van der Waals surface area contributed by atoms with Crippen LogP contribution in [0, 0.1) is 17.7 Å². The fourth-order valence-electron chi connectivity index (χ4n) is 1.79. The van der Waals surface area contributed by atoms with Gasteiger partial charge in [0.1, 0.15) is 11.6 Å². The van der Waals surface area contributed by atoms with Gasteiger partial charge in [0.2, 0.25) is 0 Å². The maximum Gasteiger partial charge on any atom is 0.133 e. The zero-order valence-corrected chi connectivity index (χ0v) is 11.3. The molecule has 0 heterocycles. The lowest BCUT2D eigenvalue weighted by Crippen LogP contribution is -2.20. The minimum atomic E-state index is -0.260. The maximum absolute atomic E-state index is 13.1. The molecule has 0 fully saturated rings. The van der Waals surface area contributed by atoms with E-state index in [1.165, 1.54) is 12.1 Å². The summed E-state index contributed by atoms with van der Waals surface area (Å²) in [4.78, 5) is 11.5. The predicted molar refractivity (Wildman–Crippen MR) is 66.8 cm³/mol. The fourth-order valence-corrected chi connectivity index (χ4v) is 2.19. The molecule has 0 aliphatic rings. The zero-order valence-electron chi connectivity index (χ0n) is 9.76. The topological polar surface area (TPSA) is 17.1 Å². The van der Waals surface area contributed by atoms with Crippen LogP contribution in [0.1, 0.15) is 26.3 Å². The van der Waals surface area contributed by atoms with Crippen LogP contribution in [0.3, 0.4) is 0 Å². The Hall–Kier alpha value is -0.700. The number of hydrogen-bond acceptors (Lipinski definition) is 1. The number of rotatable bonds is 4. The van der Waals surface area contributed by atoms with Gasteiger partial charge in [0.15, 0.2) is 0 Å². The van der Waals surface area contributed by atoms with E-state index in [0.717, 1.165) is 10.0 Å². The minimum absolute atomic E-state index is 0.0434. The second-order valence-corrected chi connectivity index (χ2v) is 5.26. The van der Waals surface area contributed by atoms with E-state index < -0.39 is 0 Å². The van der Waals surface area contributed by atoms with Gasteiger partial charge in [-0.05, 0) is 43.0 Å². The summed E-state index contributed by atoms with van der Waals surface area (Å²) in [6.45, 7) is 5.62. The molecule has 0 aromatic heterocycles. The quantitative estimate of drug-likeness (QED) is 0.818. The molecule has 3 heteroatoms. The summed E-state index contributed by atoms with van der Waals surface area (Å²) in [5.41, 5.74) is 0.855. The lowest BCUT2D eigenvalue weighted by atomic mass is 9.86. The molecule has 0 saturated heterocycles. The highest BCUT2D eigenvalue weighted by Crippen LogP contribution is 2.24. The molecule has 88 valence electrons. The van der Waals surface area contributed by atoms with Crippen LogP contribution in [0.15, 0.2) is 22.7 Å². The zero-order chi connectivity index (χ0) is 12.3. The fraction of sp³-hybridized carbons (Fsp3) is 0.462. The van der Waals surface area contributed by atoms with Crippen LogP contribution in [0.25, 0.3) is 0 Å². The molecule has 0 N–H and O–H groups in total. The first kappa shape index (κ1) is 13.4. The van der Waals surface area contributed by atoms with Crippen molar-refractivity contribution in [3.63, 3.8) is 0 Å². The van der Waals surface area contributed by atoms with E-state index >= 15 is 0 Å². The van der Waals surface area contributed by atoms with Crippen LogP contribution in [-0.2, 0) is 11.2 Å². The molecule has 0 amide bonds. The van der Waals surface area contributed by atoms with Gasteiger partial charge in [-0.25, -0.2) is 4.39 Å². The molecule has 0 saturated carbocycles. The van der Waals surface area contributed by atoms with Gasteiger partial charge in [-0.3, -0.25) is 4.79 Å². The van der Waals surface area contributed by atoms with Crippen LogP contribution >= 0.6 is 15.9 Å². The summed E-state index contributed by atoms with van der Waals surface area (Å²) in [6.07, 6.45) is 0.589. The Balaban J connectivity index is 2.93. The van der Waals surface area contributed by atoms with Crippen LogP contribution in [0.4, 0.5) is 4.39 Å². The summed E-state index contributed by atoms with van der Waals surface area (Å²) >= 11 is 3.38. The Bertz CT molecular complexity index is 388. The van der Waals surface area contributed by atoms with Crippen molar-refractivity contribution in [1.29, 1.82) is 0 Å². The van der Waals surface area contributed by atoms with E-state index in [4.69, 9.17) is 0 Å². The van der Waals surface area contributed by atoms with E-state index in [1.54, 1.807) is 13.0 Å². The van der Waals surface area contributed by atoms with Gasteiger partial charge in [-0.2, -0.15) is 0 Å². The smallest absolute Gasteiger partial charge is 0.133 e. The monoisotopic (exact) mass is 286 g/mol. The van der Waals surface area contributed by atoms with E-state index in [1.807, 2.05) is 13.8 Å². The standard InChI is InChI=1S/C13H16BrFO/c1-8(2)12(9(3)16)7-10-6-11(15)4-5-13(10)14/h4-6,8,12H,7H2,1-3H3. The molecule has 0 spiro atoms. The Morgan fingerprint density at radius 1 is 1.44 bits per heavy atom. The second kappa shape index (κ2) is 5.58. The highest BCUT2D eigenvalue weighted by molar-refractivity contribution is 9.10. The Kier molecular flexibility index (Phi) is 4.66. The normalized spacial score (nSPS) is 12.9. The van der Waals surface area contributed by atoms with Crippen molar-refractivity contribution in [3.8, 4) is 0 Å². The average Bonchev–Trinajstić information content (AvgIpc) is 2.18. The van der Waals surface area contributed by atoms with E-state index in [-0.39, 0.29) is 23.4 Å². The molecule has 0 radical (unpaired) electrons. The number of hydrogen-bond donors (Lipinski definition) is 0. The molecule has 1 aromatic carbocycles. The molecular formula is C13H16BrFO. The van der Waals surface area contributed by atoms with Crippen molar-refractivity contribution in [2.24, 2.45) is 11.8 Å². The molecule has 0 aliphatic heterocycles. The molecule has 1 rings (SSSR count). The van der Waals surface area contributed by atoms with Crippen molar-refractivity contribution in [2.75, 3.05) is 0 Å². The number of carbonyl (C=O) groups is 1. The Morgan fingerprint density at radius 2 is 2.06 bits per heavy atom. The van der Waals surface area contributed by atoms with Crippen molar-refractivity contribution in [3.05, 3.63) is 34.1 Å². The summed E-state index contributed by atoms with van der Waals surface area (Å²) in [5.74, 6) is 0.126. The first-order valence-corrected chi connectivity index (χ1v) is 6.15. The second-order valence-electron chi connectivity index (χ2n) is 4.40. The molecule has 1 unspecified atom stereocenters. The maximum atomic E-state index is 13.1. The number of halogens is 2. The van der Waals surface area contributed by atoms with Crippen molar-refractivity contribution >= 4 is 21.7 Å². The van der Waals surface area contributed by atoms with Gasteiger partial charge in [0.25, 0.3) is 0 Å². The largest absolute Gasteiger partial charge is 0.300 e. The van der Waals surface area contributed by atoms with Crippen molar-refractivity contribution in [1.82, 2.24) is 0 Å². The highest BCUT2D eigenvalue weighted by Gasteiger charge is 2.20. The number of carbonyl (C=O) groups excluding carboxylic acids is 1. The molecular weight excluding hydrogens is 271 g/mol. The van der Waals surface area contributed by atoms with Gasteiger partial charge in [-0.15, -0.1) is 0 Å². The van der Waals surface area contributed by atoms with Crippen LogP contribution in [0.5, 0.6) is 0 Å². The van der Waals surface area contributed by atoms with E-state index in [9.17, 15) is 9.18 Å². The number of ketones is 1. The molecule has 0 aliphatic carbocycles. The van der Waals surface area contributed by atoms with Gasteiger partial charge in [0.05, 0.1) is 0 Å². The van der Waals surface area contributed by atoms with Crippen LogP contribution < -0.4 is 0 Å². The third kappa shape index (κ3) is 3.41. The van der Waals surface area contributed by atoms with Crippen molar-refractivity contribution < 1.29 is 9.18 Å². The Labute approximate surface area is 104 Å². The SMILES string of the molecule is CC(=O)C(Cc1cc(F)ccc1Br)C(C)C. The molecule has 1 atom stereocenters. The third-order valence-corrected chi connectivity index (χ3v) is 3.55. The number of benzene rings is 1. The van der Waals surface area contributed by atoms with Gasteiger partial charge < -0.3 is 0 Å². The van der Waals surface area contributed by atoms with Gasteiger partial charge in [0, 0.05) is 10.4 Å². The molecule has 0 bridgehead atoms. The van der Waals surface area contributed by atoms with Crippen molar-refractivity contribution in [2.45, 2.75) is 27.2 Å². The van der Waals surface area contributed by atoms with Gasteiger partial charge in [-0.1, -0.05) is 29.8 Å². The van der Waals surface area contributed by atoms with Crippen LogP contribution in [0.2, 0.25) is 0 Å². The highest BCUT2D eigenvalue weighted by atomic mass is 79.9. The third-order valence-electron chi connectivity index (χ3n) is 2.77. The molecule has 1 nitrogen and oxygen atoms in total. The van der Waals surface area contributed by atoms with E-state index in [0.29, 0.717) is 6.42 Å². The first-order chi connectivity index (χ1) is 7.41. The van der Waals surface area contributed by atoms with Gasteiger partial charge >= 0.3 is 0 Å².